The number of nitrogens with zero attached hydrogens (tertiary/aromatic N) is 5. The third kappa shape index (κ3) is 2.56. The average Bonchev–Trinajstić information content (AvgIpc) is 2.95. The highest BCUT2D eigenvalue weighted by molar-refractivity contribution is 5.65. The fourth-order valence-electron chi connectivity index (χ4n) is 2.50. The largest absolute Gasteiger partial charge is 0.349 e. The number of anilines is 1. The van der Waals surface area contributed by atoms with Gasteiger partial charge in [0.1, 0.15) is 11.6 Å². The maximum absolute atomic E-state index is 11.2. The van der Waals surface area contributed by atoms with Crippen molar-refractivity contribution >= 4 is 11.5 Å². The predicted molar refractivity (Wildman–Crippen MR) is 74.5 cm³/mol. The molecule has 0 saturated carbocycles. The molecule has 106 valence electrons. The van der Waals surface area contributed by atoms with Gasteiger partial charge in [0.25, 0.3) is 0 Å². The minimum Gasteiger partial charge on any atom is -0.349 e. The first-order valence-corrected chi connectivity index (χ1v) is 6.57. The normalized spacial score (nSPS) is 18.3. The molecule has 0 amide bonds. The van der Waals surface area contributed by atoms with E-state index < -0.39 is 4.92 Å². The first-order chi connectivity index (χ1) is 9.58. The molecule has 2 rings (SSSR count). The maximum atomic E-state index is 11.2. The fraction of sp³-hybridized carbons (Fsp3) is 0.538. The minimum absolute atomic E-state index is 0.0623. The van der Waals surface area contributed by atoms with Crippen molar-refractivity contribution in [3.63, 3.8) is 0 Å². The Kier molecular flexibility index (Phi) is 4.15. The van der Waals surface area contributed by atoms with E-state index in [0.29, 0.717) is 18.4 Å². The molecule has 7 heteroatoms. The molecule has 7 nitrogen and oxygen atoms in total. The lowest BCUT2D eigenvalue weighted by atomic mass is 10.2. The van der Waals surface area contributed by atoms with Crippen molar-refractivity contribution < 1.29 is 4.92 Å². The number of aromatic nitrogens is 1. The van der Waals surface area contributed by atoms with Crippen LogP contribution in [0.3, 0.4) is 0 Å². The minimum atomic E-state index is -0.516. The maximum Gasteiger partial charge on any atom is 0.329 e. The van der Waals surface area contributed by atoms with E-state index in [9.17, 15) is 10.1 Å². The van der Waals surface area contributed by atoms with E-state index in [1.54, 1.807) is 0 Å². The average molecular weight is 275 g/mol. The summed E-state index contributed by atoms with van der Waals surface area (Å²) >= 11 is 0. The Hall–Kier alpha value is -2.20. The number of nitriles is 1. The Morgan fingerprint density at radius 1 is 1.70 bits per heavy atom. The Balaban J connectivity index is 2.31. The fourth-order valence-corrected chi connectivity index (χ4v) is 2.50. The first-order valence-electron chi connectivity index (χ1n) is 6.57. The molecule has 2 heterocycles. The topological polar surface area (TPSA) is 86.3 Å². The van der Waals surface area contributed by atoms with Crippen LogP contribution in [0.5, 0.6) is 0 Å². The number of nitro groups is 1. The van der Waals surface area contributed by atoms with Gasteiger partial charge in [0, 0.05) is 25.3 Å². The SMILES string of the molecule is CCN(C)C1CCN(c2nccc(C#N)c2[N+](=O)[O-])C1. The van der Waals surface area contributed by atoms with Gasteiger partial charge in [-0.3, -0.25) is 10.1 Å². The monoisotopic (exact) mass is 275 g/mol. The lowest BCUT2D eigenvalue weighted by molar-refractivity contribution is -0.384. The van der Waals surface area contributed by atoms with Gasteiger partial charge in [0.05, 0.1) is 4.92 Å². The van der Waals surface area contributed by atoms with Crippen LogP contribution in [0.1, 0.15) is 18.9 Å². The van der Waals surface area contributed by atoms with E-state index in [2.05, 4.69) is 16.8 Å². The molecular formula is C13H17N5O2. The van der Waals surface area contributed by atoms with Crippen LogP contribution in [-0.4, -0.2) is 47.5 Å². The highest BCUT2D eigenvalue weighted by atomic mass is 16.6. The van der Waals surface area contributed by atoms with Gasteiger partial charge in [-0.1, -0.05) is 6.92 Å². The number of hydrogen-bond acceptors (Lipinski definition) is 6. The zero-order valence-electron chi connectivity index (χ0n) is 11.6. The standard InChI is InChI=1S/C13H17N5O2/c1-3-16(2)11-5-7-17(9-11)13-12(18(19)20)10(8-14)4-6-15-13/h4,6,11H,3,5,7,9H2,1-2H3. The molecule has 0 spiro atoms. The predicted octanol–water partition coefficient (Wildman–Crippen LogP) is 1.39. The molecule has 1 aliphatic rings. The van der Waals surface area contributed by atoms with Crippen molar-refractivity contribution in [2.45, 2.75) is 19.4 Å². The Morgan fingerprint density at radius 2 is 2.45 bits per heavy atom. The van der Waals surface area contributed by atoms with E-state index in [1.807, 2.05) is 18.0 Å². The van der Waals surface area contributed by atoms with Gasteiger partial charge in [-0.05, 0) is 26.1 Å². The van der Waals surface area contributed by atoms with Crippen LogP contribution >= 0.6 is 0 Å². The number of pyridine rings is 1. The zero-order chi connectivity index (χ0) is 14.7. The summed E-state index contributed by atoms with van der Waals surface area (Å²) in [5.41, 5.74) is -0.123. The molecule has 0 radical (unpaired) electrons. The van der Waals surface area contributed by atoms with Crippen molar-refractivity contribution in [1.29, 1.82) is 5.26 Å². The summed E-state index contributed by atoms with van der Waals surface area (Å²) in [5.74, 6) is 0.307. The molecule has 0 aromatic carbocycles. The molecule has 20 heavy (non-hydrogen) atoms. The Morgan fingerprint density at radius 3 is 3.05 bits per heavy atom. The van der Waals surface area contributed by atoms with Gasteiger partial charge in [0.2, 0.25) is 5.82 Å². The van der Waals surface area contributed by atoms with E-state index in [0.717, 1.165) is 19.5 Å². The van der Waals surface area contributed by atoms with Crippen LogP contribution in [0.15, 0.2) is 12.3 Å². The van der Waals surface area contributed by atoms with Gasteiger partial charge >= 0.3 is 5.69 Å². The number of hydrogen-bond donors (Lipinski definition) is 0. The quantitative estimate of drug-likeness (QED) is 0.609. The smallest absolute Gasteiger partial charge is 0.329 e. The number of likely N-dealkylation sites (N-methyl/N-ethyl adjacent to an activating group) is 1. The summed E-state index contributed by atoms with van der Waals surface area (Å²) in [7, 11) is 2.04. The van der Waals surface area contributed by atoms with Crippen LogP contribution in [0.4, 0.5) is 11.5 Å². The van der Waals surface area contributed by atoms with Gasteiger partial charge < -0.3 is 9.80 Å². The Bertz CT molecular complexity index is 554. The summed E-state index contributed by atoms with van der Waals surface area (Å²) in [6.45, 7) is 4.44. The van der Waals surface area contributed by atoms with Crippen LogP contribution in [0, 0.1) is 21.4 Å². The van der Waals surface area contributed by atoms with Gasteiger partial charge in [-0.15, -0.1) is 0 Å². The van der Waals surface area contributed by atoms with E-state index >= 15 is 0 Å². The van der Waals surface area contributed by atoms with Gasteiger partial charge in [-0.2, -0.15) is 5.26 Å². The Labute approximate surface area is 117 Å². The lowest BCUT2D eigenvalue weighted by Crippen LogP contribution is -2.34. The second kappa shape index (κ2) is 5.84. The summed E-state index contributed by atoms with van der Waals surface area (Å²) in [4.78, 5) is 18.9. The summed E-state index contributed by atoms with van der Waals surface area (Å²) < 4.78 is 0. The van der Waals surface area contributed by atoms with Gasteiger partial charge in [0.15, 0.2) is 0 Å². The number of rotatable bonds is 4. The van der Waals surface area contributed by atoms with E-state index in [-0.39, 0.29) is 11.3 Å². The van der Waals surface area contributed by atoms with E-state index in [4.69, 9.17) is 5.26 Å². The molecular weight excluding hydrogens is 258 g/mol. The molecule has 1 aromatic rings. The van der Waals surface area contributed by atoms with Crippen molar-refractivity contribution in [1.82, 2.24) is 9.88 Å². The molecule has 0 bridgehead atoms. The third-order valence-corrected chi connectivity index (χ3v) is 3.79. The third-order valence-electron chi connectivity index (χ3n) is 3.79. The van der Waals surface area contributed by atoms with Crippen LogP contribution in [-0.2, 0) is 0 Å². The molecule has 1 aliphatic heterocycles. The second-order valence-electron chi connectivity index (χ2n) is 4.86. The molecule has 0 N–H and O–H groups in total. The second-order valence-corrected chi connectivity index (χ2v) is 4.86. The zero-order valence-corrected chi connectivity index (χ0v) is 11.6. The van der Waals surface area contributed by atoms with Crippen LogP contribution in [0.2, 0.25) is 0 Å². The molecule has 1 fully saturated rings. The molecule has 1 unspecified atom stereocenters. The first kappa shape index (κ1) is 14.2. The molecule has 1 atom stereocenters. The molecule has 1 aromatic heterocycles. The van der Waals surface area contributed by atoms with Gasteiger partial charge in [-0.25, -0.2) is 4.98 Å². The van der Waals surface area contributed by atoms with Crippen LogP contribution in [0.25, 0.3) is 0 Å². The summed E-state index contributed by atoms with van der Waals surface area (Å²) in [6.07, 6.45) is 2.40. The van der Waals surface area contributed by atoms with Crippen molar-refractivity contribution in [3.8, 4) is 6.07 Å². The van der Waals surface area contributed by atoms with E-state index in [1.165, 1.54) is 12.3 Å². The lowest BCUT2D eigenvalue weighted by Gasteiger charge is -2.23. The van der Waals surface area contributed by atoms with Crippen molar-refractivity contribution in [2.24, 2.45) is 0 Å². The molecule has 1 saturated heterocycles. The molecule has 0 aliphatic carbocycles. The summed E-state index contributed by atoms with van der Waals surface area (Å²) in [5, 5.41) is 20.2. The van der Waals surface area contributed by atoms with Crippen molar-refractivity contribution in [2.75, 3.05) is 31.6 Å². The van der Waals surface area contributed by atoms with Crippen LogP contribution < -0.4 is 4.90 Å². The summed E-state index contributed by atoms with van der Waals surface area (Å²) in [6, 6.07) is 3.62. The highest BCUT2D eigenvalue weighted by Gasteiger charge is 2.32. The highest BCUT2D eigenvalue weighted by Crippen LogP contribution is 2.31. The van der Waals surface area contributed by atoms with Crippen molar-refractivity contribution in [3.05, 3.63) is 27.9 Å².